The zero-order valence-corrected chi connectivity index (χ0v) is 8.30. The van der Waals surface area contributed by atoms with Crippen LogP contribution in [0.2, 0.25) is 5.02 Å². The van der Waals surface area contributed by atoms with Gasteiger partial charge in [0.15, 0.2) is 6.20 Å². The summed E-state index contributed by atoms with van der Waals surface area (Å²) in [6.45, 7) is 6.80. The number of nitrogens with two attached hydrogens (primary N) is 1. The quantitative estimate of drug-likeness (QED) is 0.511. The number of nitrogens with zero attached hydrogens (tertiary/aromatic N) is 1. The predicted octanol–water partition coefficient (Wildman–Crippen LogP) is 3.13. The van der Waals surface area contributed by atoms with E-state index in [9.17, 15) is 0 Å². The van der Waals surface area contributed by atoms with Crippen LogP contribution in [0.5, 0.6) is 0 Å². The number of hydrogen-bond donors (Lipinski definition) is 1. The van der Waals surface area contributed by atoms with Gasteiger partial charge in [-0.3, -0.25) is 0 Å². The molecule has 70 valence electrons. The van der Waals surface area contributed by atoms with E-state index in [2.05, 4.69) is 4.85 Å². The highest BCUT2D eigenvalue weighted by Gasteiger charge is 2.17. The van der Waals surface area contributed by atoms with E-state index in [0.29, 0.717) is 10.7 Å². The van der Waals surface area contributed by atoms with Gasteiger partial charge in [-0.2, -0.15) is 0 Å². The van der Waals surface area contributed by atoms with Gasteiger partial charge in [-0.1, -0.05) is 11.6 Å². The minimum Gasteiger partial charge on any atom is -0.398 e. The van der Waals surface area contributed by atoms with Crippen molar-refractivity contribution in [3.63, 3.8) is 0 Å². The lowest BCUT2D eigenvalue weighted by Gasteiger charge is -2.03. The number of allylic oxidation sites excluding steroid dienone is 1. The third-order valence-corrected chi connectivity index (χ3v) is 2.78. The molecule has 0 amide bonds. The van der Waals surface area contributed by atoms with Crippen molar-refractivity contribution in [3.8, 4) is 0 Å². The van der Waals surface area contributed by atoms with Crippen LogP contribution in [0.4, 0.5) is 5.69 Å². The van der Waals surface area contributed by atoms with Gasteiger partial charge in [0.25, 0.3) is 0 Å². The first-order chi connectivity index (χ1) is 6.72. The molecule has 0 heterocycles. The van der Waals surface area contributed by atoms with Gasteiger partial charge in [0.1, 0.15) is 0 Å². The van der Waals surface area contributed by atoms with Crippen molar-refractivity contribution in [1.82, 2.24) is 0 Å². The van der Waals surface area contributed by atoms with Crippen LogP contribution in [-0.2, 0) is 6.42 Å². The molecule has 0 bridgehead atoms. The van der Waals surface area contributed by atoms with E-state index in [0.717, 1.165) is 24.0 Å². The average molecular weight is 205 g/mol. The molecular formula is C11H9ClN2. The van der Waals surface area contributed by atoms with E-state index in [1.165, 1.54) is 5.56 Å². The molecule has 0 aliphatic heterocycles. The molecule has 1 aliphatic rings. The maximum absolute atomic E-state index is 6.80. The van der Waals surface area contributed by atoms with Crippen molar-refractivity contribution in [1.29, 1.82) is 0 Å². The average Bonchev–Trinajstić information content (AvgIpc) is 2.51. The van der Waals surface area contributed by atoms with Crippen LogP contribution < -0.4 is 5.73 Å². The molecule has 0 fully saturated rings. The first-order valence-corrected chi connectivity index (χ1v) is 4.74. The summed E-state index contributed by atoms with van der Waals surface area (Å²) in [7, 11) is 0. The van der Waals surface area contributed by atoms with E-state index in [-0.39, 0.29) is 0 Å². The molecular weight excluding hydrogens is 196 g/mol. The van der Waals surface area contributed by atoms with Crippen LogP contribution in [-0.4, -0.2) is 0 Å². The number of anilines is 1. The van der Waals surface area contributed by atoms with Crippen molar-refractivity contribution in [3.05, 3.63) is 45.9 Å². The van der Waals surface area contributed by atoms with Gasteiger partial charge in [0.2, 0.25) is 0 Å². The van der Waals surface area contributed by atoms with Gasteiger partial charge < -0.3 is 5.73 Å². The largest absolute Gasteiger partial charge is 0.398 e. The minimum absolute atomic E-state index is 0.586. The third kappa shape index (κ3) is 1.36. The molecule has 1 aromatic rings. The van der Waals surface area contributed by atoms with Gasteiger partial charge in [0, 0.05) is 0 Å². The normalized spacial score (nSPS) is 16.7. The van der Waals surface area contributed by atoms with Crippen LogP contribution in [0.25, 0.3) is 10.4 Å². The van der Waals surface area contributed by atoms with Crippen molar-refractivity contribution in [2.24, 2.45) is 0 Å². The molecule has 2 rings (SSSR count). The summed E-state index contributed by atoms with van der Waals surface area (Å²) in [6, 6.07) is 3.76. The number of benzene rings is 1. The second-order valence-corrected chi connectivity index (χ2v) is 3.72. The fourth-order valence-electron chi connectivity index (χ4n) is 1.75. The lowest BCUT2D eigenvalue weighted by Crippen LogP contribution is -1.90. The number of rotatable bonds is 0. The van der Waals surface area contributed by atoms with Crippen LogP contribution in [0.1, 0.15) is 17.5 Å². The smallest absolute Gasteiger partial charge is 0.157 e. The fraction of sp³-hybridized carbons (Fsp3) is 0.182. The molecule has 0 spiro atoms. The van der Waals surface area contributed by atoms with Gasteiger partial charge in [-0.15, -0.1) is 0 Å². The van der Waals surface area contributed by atoms with Crippen molar-refractivity contribution >= 4 is 22.9 Å². The highest BCUT2D eigenvalue weighted by Crippen LogP contribution is 2.36. The van der Waals surface area contributed by atoms with Gasteiger partial charge in [0.05, 0.1) is 17.3 Å². The Morgan fingerprint density at radius 1 is 1.43 bits per heavy atom. The highest BCUT2D eigenvalue weighted by molar-refractivity contribution is 6.33. The highest BCUT2D eigenvalue weighted by atomic mass is 35.5. The van der Waals surface area contributed by atoms with Gasteiger partial charge in [-0.05, 0) is 41.7 Å². The van der Waals surface area contributed by atoms with E-state index >= 15 is 0 Å². The first kappa shape index (κ1) is 9.11. The van der Waals surface area contributed by atoms with Crippen molar-refractivity contribution in [2.45, 2.75) is 12.8 Å². The molecule has 1 aliphatic carbocycles. The maximum atomic E-state index is 6.80. The Balaban J connectivity index is 2.57. The molecule has 0 saturated heterocycles. The van der Waals surface area contributed by atoms with E-state index in [4.69, 9.17) is 23.9 Å². The molecule has 3 heteroatoms. The molecule has 1 aromatic carbocycles. The predicted molar refractivity (Wildman–Crippen MR) is 58.8 cm³/mol. The Morgan fingerprint density at radius 2 is 2.21 bits per heavy atom. The van der Waals surface area contributed by atoms with E-state index in [1.54, 1.807) is 6.20 Å². The SMILES string of the molecule is [C-]#[N+]C=C1CCc2cc(Cl)c(N)cc21. The number of halogens is 1. The molecule has 0 atom stereocenters. The molecule has 0 aromatic heterocycles. The van der Waals surface area contributed by atoms with Crippen LogP contribution in [0, 0.1) is 6.57 Å². The second-order valence-electron chi connectivity index (χ2n) is 3.31. The molecule has 0 saturated carbocycles. The minimum atomic E-state index is 0.586. The summed E-state index contributed by atoms with van der Waals surface area (Å²) in [5.74, 6) is 0. The summed E-state index contributed by atoms with van der Waals surface area (Å²) in [5.41, 5.74) is 9.65. The Morgan fingerprint density at radius 3 is 2.93 bits per heavy atom. The number of aryl methyl sites for hydroxylation is 1. The molecule has 14 heavy (non-hydrogen) atoms. The van der Waals surface area contributed by atoms with Crippen LogP contribution in [0.3, 0.4) is 0 Å². The summed E-state index contributed by atoms with van der Waals surface area (Å²) in [5, 5.41) is 0.604. The Kier molecular flexibility index (Phi) is 2.18. The first-order valence-electron chi connectivity index (χ1n) is 4.36. The number of nitrogen functional groups attached to an aromatic ring is 1. The third-order valence-electron chi connectivity index (χ3n) is 2.45. The molecule has 2 nitrogen and oxygen atoms in total. The van der Waals surface area contributed by atoms with Gasteiger partial charge >= 0.3 is 0 Å². The Hall–Kier alpha value is -1.46. The maximum Gasteiger partial charge on any atom is 0.157 e. The fourth-order valence-corrected chi connectivity index (χ4v) is 1.94. The lowest BCUT2D eigenvalue weighted by atomic mass is 10.1. The summed E-state index contributed by atoms with van der Waals surface area (Å²) >= 11 is 5.91. The summed E-state index contributed by atoms with van der Waals surface area (Å²) in [6.07, 6.45) is 3.44. The number of fused-ring (bicyclic) bond motifs is 1. The topological polar surface area (TPSA) is 30.4 Å². The molecule has 0 radical (unpaired) electrons. The Bertz CT molecular complexity index is 455. The second kappa shape index (κ2) is 3.36. The van der Waals surface area contributed by atoms with Crippen LogP contribution >= 0.6 is 11.6 Å². The van der Waals surface area contributed by atoms with E-state index in [1.807, 2.05) is 12.1 Å². The molecule has 0 unspecified atom stereocenters. The number of hydrogen-bond acceptors (Lipinski definition) is 1. The monoisotopic (exact) mass is 204 g/mol. The molecule has 2 N–H and O–H groups in total. The Labute approximate surface area is 87.8 Å². The summed E-state index contributed by atoms with van der Waals surface area (Å²) < 4.78 is 0. The van der Waals surface area contributed by atoms with Crippen molar-refractivity contribution in [2.75, 3.05) is 5.73 Å². The lowest BCUT2D eigenvalue weighted by molar-refractivity contribution is 1.08. The standard InChI is InChI=1S/C11H9ClN2/c1-14-6-8-3-2-7-4-10(12)11(13)5-9(7)8/h4-6H,2-3,13H2. The zero-order valence-electron chi connectivity index (χ0n) is 7.55. The van der Waals surface area contributed by atoms with Gasteiger partial charge in [-0.25, -0.2) is 4.85 Å². The van der Waals surface area contributed by atoms with E-state index < -0.39 is 0 Å². The zero-order chi connectivity index (χ0) is 10.1. The van der Waals surface area contributed by atoms with Crippen molar-refractivity contribution < 1.29 is 0 Å². The summed E-state index contributed by atoms with van der Waals surface area (Å²) in [4.78, 5) is 3.28. The van der Waals surface area contributed by atoms with Crippen LogP contribution in [0.15, 0.2) is 18.3 Å².